The van der Waals surface area contributed by atoms with Crippen LogP contribution >= 0.6 is 11.6 Å². The zero-order valence-electron chi connectivity index (χ0n) is 22.7. The predicted octanol–water partition coefficient (Wildman–Crippen LogP) is 5.98. The molecule has 9 heteroatoms. The Balaban J connectivity index is 1.82. The van der Waals surface area contributed by atoms with Gasteiger partial charge in [-0.2, -0.15) is 9.78 Å². The summed E-state index contributed by atoms with van der Waals surface area (Å²) in [5.74, 6) is 1.19. The van der Waals surface area contributed by atoms with Gasteiger partial charge in [0.2, 0.25) is 0 Å². The molecule has 0 aliphatic rings. The van der Waals surface area contributed by atoms with Crippen molar-refractivity contribution in [2.45, 2.75) is 39.7 Å². The second kappa shape index (κ2) is 11.7. The first-order valence-corrected chi connectivity index (χ1v) is 12.8. The summed E-state index contributed by atoms with van der Waals surface area (Å²) < 4.78 is 17.2. The van der Waals surface area contributed by atoms with Gasteiger partial charge in [0.05, 0.1) is 36.4 Å². The molecule has 1 heterocycles. The molecule has 4 rings (SSSR count). The van der Waals surface area contributed by atoms with Gasteiger partial charge in [-0.25, -0.2) is 9.78 Å². The third-order valence-electron chi connectivity index (χ3n) is 6.31. The quantitative estimate of drug-likeness (QED) is 0.199. The third kappa shape index (κ3) is 5.81. The highest BCUT2D eigenvalue weighted by atomic mass is 35.5. The number of carbonyl (C=O) groups is 1. The van der Waals surface area contributed by atoms with Gasteiger partial charge in [-0.15, -0.1) is 0 Å². The van der Waals surface area contributed by atoms with E-state index in [9.17, 15) is 9.59 Å². The van der Waals surface area contributed by atoms with Gasteiger partial charge < -0.3 is 14.2 Å². The van der Waals surface area contributed by atoms with Crippen LogP contribution in [0.5, 0.6) is 11.5 Å². The van der Waals surface area contributed by atoms with E-state index in [-0.39, 0.29) is 16.5 Å². The first-order valence-electron chi connectivity index (χ1n) is 12.4. The monoisotopic (exact) mass is 547 g/mol. The molecule has 0 N–H and O–H groups in total. The van der Waals surface area contributed by atoms with Gasteiger partial charge in [0.1, 0.15) is 11.5 Å². The van der Waals surface area contributed by atoms with E-state index in [0.717, 1.165) is 22.4 Å². The number of carbonyl (C=O) groups excluding carboxylic acids is 1. The number of aromatic nitrogens is 2. The maximum absolute atomic E-state index is 13.6. The number of hydrogen-bond donors (Lipinski definition) is 0. The summed E-state index contributed by atoms with van der Waals surface area (Å²) in [5, 5.41) is 5.28. The smallest absolute Gasteiger partial charge is 0.346 e. The summed E-state index contributed by atoms with van der Waals surface area (Å²) in [7, 11) is 2.94. The number of aryl methyl sites for hydroxylation is 1. The summed E-state index contributed by atoms with van der Waals surface area (Å²) in [6.45, 7) is 7.69. The molecule has 3 aromatic carbocycles. The van der Waals surface area contributed by atoms with Gasteiger partial charge >= 0.3 is 5.97 Å². The van der Waals surface area contributed by atoms with Crippen LogP contribution in [0.4, 0.5) is 0 Å². The number of methoxy groups -OCH3 is 2. The molecule has 8 nitrogen and oxygen atoms in total. The molecular weight excluding hydrogens is 518 g/mol. The molecule has 0 aliphatic heterocycles. The number of hydrogen-bond acceptors (Lipinski definition) is 7. The van der Waals surface area contributed by atoms with Crippen molar-refractivity contribution in [2.24, 2.45) is 5.10 Å². The Kier molecular flexibility index (Phi) is 8.35. The Morgan fingerprint density at radius 3 is 2.46 bits per heavy atom. The molecule has 0 amide bonds. The maximum atomic E-state index is 13.6. The molecule has 0 saturated carbocycles. The molecule has 4 aromatic rings. The number of esters is 1. The fraction of sp³-hybridized carbons (Fsp3) is 0.267. The first kappa shape index (κ1) is 27.9. The van der Waals surface area contributed by atoms with E-state index < -0.39 is 12.1 Å². The van der Waals surface area contributed by atoms with Gasteiger partial charge in [-0.1, -0.05) is 37.6 Å². The Labute approximate surface area is 231 Å². The first-order chi connectivity index (χ1) is 18.6. The minimum atomic E-state index is -0.819. The van der Waals surface area contributed by atoms with Crippen molar-refractivity contribution in [3.8, 4) is 22.9 Å². The van der Waals surface area contributed by atoms with Crippen LogP contribution < -0.4 is 15.0 Å². The normalized spacial score (nSPS) is 12.2. The van der Waals surface area contributed by atoms with Crippen LogP contribution in [0.3, 0.4) is 0 Å². The van der Waals surface area contributed by atoms with Crippen molar-refractivity contribution in [1.29, 1.82) is 0 Å². The molecule has 0 aliphatic carbocycles. The van der Waals surface area contributed by atoms with Crippen LogP contribution in [0, 0.1) is 6.92 Å². The van der Waals surface area contributed by atoms with Crippen molar-refractivity contribution in [3.63, 3.8) is 0 Å². The Morgan fingerprint density at radius 1 is 1.05 bits per heavy atom. The standard InChI is InChI=1S/C30H30ClN3O5/c1-17(2)22-15-23(18(3)13-27(22)37-5)28-33-25-10-8-7-9-21(25)29(35)34(28)32-16-20-11-12-26(24(31)14-20)39-19(4)30(36)38-6/h7-17,19H,1-6H3/t19-/m0/s1. The number of benzene rings is 3. The minimum Gasteiger partial charge on any atom is -0.496 e. The molecule has 0 radical (unpaired) electrons. The molecule has 202 valence electrons. The number of ether oxygens (including phenoxy) is 3. The lowest BCUT2D eigenvalue weighted by Gasteiger charge is -2.17. The van der Waals surface area contributed by atoms with Crippen LogP contribution in [0.1, 0.15) is 43.4 Å². The largest absolute Gasteiger partial charge is 0.496 e. The second-order valence-electron chi connectivity index (χ2n) is 9.35. The number of para-hydroxylation sites is 1. The van der Waals surface area contributed by atoms with Crippen molar-refractivity contribution >= 4 is 34.7 Å². The highest BCUT2D eigenvalue weighted by Gasteiger charge is 2.19. The van der Waals surface area contributed by atoms with Crippen molar-refractivity contribution < 1.29 is 19.0 Å². The van der Waals surface area contributed by atoms with Gasteiger partial charge in [-0.05, 0) is 78.9 Å². The van der Waals surface area contributed by atoms with Gasteiger partial charge in [0, 0.05) is 5.56 Å². The van der Waals surface area contributed by atoms with Gasteiger partial charge in [0.15, 0.2) is 11.9 Å². The number of nitrogens with zero attached hydrogens (tertiary/aromatic N) is 3. The number of halogens is 1. The van der Waals surface area contributed by atoms with Crippen LogP contribution in [-0.4, -0.2) is 42.2 Å². The van der Waals surface area contributed by atoms with Gasteiger partial charge in [0.25, 0.3) is 5.56 Å². The molecule has 0 fully saturated rings. The zero-order valence-corrected chi connectivity index (χ0v) is 23.4. The van der Waals surface area contributed by atoms with E-state index in [1.165, 1.54) is 18.0 Å². The van der Waals surface area contributed by atoms with Crippen LogP contribution in [-0.2, 0) is 9.53 Å². The van der Waals surface area contributed by atoms with E-state index in [1.54, 1.807) is 44.4 Å². The van der Waals surface area contributed by atoms with Crippen molar-refractivity contribution in [2.75, 3.05) is 14.2 Å². The Bertz CT molecular complexity index is 1630. The highest BCUT2D eigenvalue weighted by Crippen LogP contribution is 2.34. The third-order valence-corrected chi connectivity index (χ3v) is 6.60. The molecular formula is C30H30ClN3O5. The molecule has 1 aromatic heterocycles. The van der Waals surface area contributed by atoms with E-state index in [4.69, 9.17) is 30.8 Å². The lowest BCUT2D eigenvalue weighted by Crippen LogP contribution is -2.25. The van der Waals surface area contributed by atoms with Crippen LogP contribution in [0.25, 0.3) is 22.3 Å². The lowest BCUT2D eigenvalue weighted by atomic mass is 9.96. The molecule has 0 unspecified atom stereocenters. The van der Waals surface area contributed by atoms with Gasteiger partial charge in [-0.3, -0.25) is 4.79 Å². The zero-order chi connectivity index (χ0) is 28.3. The summed E-state index contributed by atoms with van der Waals surface area (Å²) in [4.78, 5) is 30.2. The van der Waals surface area contributed by atoms with Crippen LogP contribution in [0.2, 0.25) is 5.02 Å². The maximum Gasteiger partial charge on any atom is 0.346 e. The molecule has 0 saturated heterocycles. The summed E-state index contributed by atoms with van der Waals surface area (Å²) >= 11 is 6.40. The van der Waals surface area contributed by atoms with Crippen molar-refractivity contribution in [1.82, 2.24) is 9.66 Å². The van der Waals surface area contributed by atoms with Crippen LogP contribution in [0.15, 0.2) is 64.5 Å². The number of fused-ring (bicyclic) bond motifs is 1. The topological polar surface area (TPSA) is 92.0 Å². The van der Waals surface area contributed by atoms with E-state index >= 15 is 0 Å². The Morgan fingerprint density at radius 2 is 1.79 bits per heavy atom. The summed E-state index contributed by atoms with van der Waals surface area (Å²) in [5.41, 5.74) is 3.57. The molecule has 1 atom stereocenters. The average molecular weight is 548 g/mol. The fourth-order valence-electron chi connectivity index (χ4n) is 4.19. The van der Waals surface area contributed by atoms with E-state index in [0.29, 0.717) is 28.0 Å². The minimum absolute atomic E-state index is 0.188. The lowest BCUT2D eigenvalue weighted by molar-refractivity contribution is -0.147. The van der Waals surface area contributed by atoms with E-state index in [1.807, 2.05) is 31.2 Å². The Hall–Kier alpha value is -4.17. The predicted molar refractivity (Wildman–Crippen MR) is 153 cm³/mol. The number of rotatable bonds is 8. The molecule has 0 spiro atoms. The summed E-state index contributed by atoms with van der Waals surface area (Å²) in [6.07, 6.45) is 0.712. The summed E-state index contributed by atoms with van der Waals surface area (Å²) in [6, 6.07) is 16.1. The highest BCUT2D eigenvalue weighted by molar-refractivity contribution is 6.32. The SMILES string of the molecule is COC(=O)[C@H](C)Oc1ccc(C=Nn2c(-c3cc(C(C)C)c(OC)cc3C)nc3ccccc3c2=O)cc1Cl. The van der Waals surface area contributed by atoms with Crippen molar-refractivity contribution in [3.05, 3.63) is 86.7 Å². The molecule has 39 heavy (non-hydrogen) atoms. The van der Waals surface area contributed by atoms with E-state index in [2.05, 4.69) is 18.9 Å². The second-order valence-corrected chi connectivity index (χ2v) is 9.76. The molecule has 0 bridgehead atoms. The average Bonchev–Trinajstić information content (AvgIpc) is 2.92. The fourth-order valence-corrected chi connectivity index (χ4v) is 4.43.